The molecule has 1 fully saturated rings. The van der Waals surface area contributed by atoms with Gasteiger partial charge in [-0.3, -0.25) is 0 Å². The summed E-state index contributed by atoms with van der Waals surface area (Å²) in [5, 5.41) is 9.54. The molecular weight excluding hydrogens is 174 g/mol. The highest BCUT2D eigenvalue weighted by Gasteiger charge is 2.20. The minimum Gasteiger partial charge on any atom is -0.387 e. The number of rotatable bonds is 2. The molecule has 2 nitrogen and oxygen atoms in total. The lowest BCUT2D eigenvalue weighted by molar-refractivity contribution is -0.921. The number of benzene rings is 1. The van der Waals surface area contributed by atoms with Crippen molar-refractivity contribution in [3.8, 4) is 0 Å². The molecule has 1 saturated heterocycles. The lowest BCUT2D eigenvalue weighted by Gasteiger charge is -2.27. The fraction of sp³-hybridized carbons (Fsp3) is 0.500. The lowest BCUT2D eigenvalue weighted by atomic mass is 10.1. The van der Waals surface area contributed by atoms with Crippen LogP contribution in [0, 0.1) is 0 Å². The van der Waals surface area contributed by atoms with Crippen molar-refractivity contribution in [1.29, 1.82) is 0 Å². The molecule has 2 N–H and O–H groups in total. The second-order valence-corrected chi connectivity index (χ2v) is 4.16. The summed E-state index contributed by atoms with van der Waals surface area (Å²) >= 11 is 0. The summed E-state index contributed by atoms with van der Waals surface area (Å²) in [6.07, 6.45) is 2.06. The third kappa shape index (κ3) is 2.56. The van der Waals surface area contributed by atoms with Crippen molar-refractivity contribution in [1.82, 2.24) is 0 Å². The fourth-order valence-corrected chi connectivity index (χ4v) is 2.17. The number of piperidine rings is 1. The molecule has 0 saturated carbocycles. The van der Waals surface area contributed by atoms with Crippen molar-refractivity contribution in [2.75, 3.05) is 13.1 Å². The first-order chi connectivity index (χ1) is 6.84. The van der Waals surface area contributed by atoms with E-state index in [1.807, 2.05) is 6.07 Å². The number of hydrogen-bond donors (Lipinski definition) is 2. The molecule has 0 spiro atoms. The van der Waals surface area contributed by atoms with E-state index in [1.54, 1.807) is 0 Å². The van der Waals surface area contributed by atoms with Crippen LogP contribution in [0.15, 0.2) is 30.3 Å². The van der Waals surface area contributed by atoms with E-state index < -0.39 is 0 Å². The number of hydrogen-bond acceptors (Lipinski definition) is 1. The smallest absolute Gasteiger partial charge is 0.104 e. The van der Waals surface area contributed by atoms with Gasteiger partial charge in [0.15, 0.2) is 0 Å². The number of nitrogens with one attached hydrogen (secondary N) is 1. The third-order valence-corrected chi connectivity index (χ3v) is 2.89. The van der Waals surface area contributed by atoms with Crippen LogP contribution in [0.3, 0.4) is 0 Å². The normalized spacial score (nSPS) is 27.5. The zero-order chi connectivity index (χ0) is 9.80. The minimum absolute atomic E-state index is 0.0811. The van der Waals surface area contributed by atoms with E-state index in [2.05, 4.69) is 24.3 Å². The second kappa shape index (κ2) is 4.58. The molecule has 76 valence electrons. The molecule has 0 amide bonds. The Balaban J connectivity index is 1.91. The van der Waals surface area contributed by atoms with Crippen LogP contribution in [-0.2, 0) is 6.54 Å². The van der Waals surface area contributed by atoms with E-state index in [0.29, 0.717) is 0 Å². The Labute approximate surface area is 85.2 Å². The van der Waals surface area contributed by atoms with Crippen molar-refractivity contribution < 1.29 is 10.0 Å². The lowest BCUT2D eigenvalue weighted by Crippen LogP contribution is -3.12. The number of aliphatic hydroxyl groups is 1. The Morgan fingerprint density at radius 2 is 2.07 bits per heavy atom. The molecule has 2 rings (SSSR count). The second-order valence-electron chi connectivity index (χ2n) is 4.16. The van der Waals surface area contributed by atoms with Gasteiger partial charge in [0.2, 0.25) is 0 Å². The topological polar surface area (TPSA) is 24.7 Å². The molecule has 1 aromatic rings. The molecule has 1 aromatic carbocycles. The van der Waals surface area contributed by atoms with Crippen LogP contribution < -0.4 is 4.90 Å². The molecule has 0 bridgehead atoms. The molecule has 2 heteroatoms. The number of quaternary nitrogens is 1. The Bertz CT molecular complexity index is 273. The molecule has 0 aromatic heterocycles. The number of aliphatic hydroxyl groups excluding tert-OH is 1. The van der Waals surface area contributed by atoms with Gasteiger partial charge in [-0.2, -0.15) is 0 Å². The predicted molar refractivity (Wildman–Crippen MR) is 56.1 cm³/mol. The van der Waals surface area contributed by atoms with Crippen molar-refractivity contribution in [3.63, 3.8) is 0 Å². The van der Waals surface area contributed by atoms with Gasteiger partial charge in [-0.25, -0.2) is 0 Å². The fourth-order valence-electron chi connectivity index (χ4n) is 2.17. The summed E-state index contributed by atoms with van der Waals surface area (Å²) in [6, 6.07) is 10.5. The van der Waals surface area contributed by atoms with E-state index in [1.165, 1.54) is 17.0 Å². The Morgan fingerprint density at radius 3 is 2.79 bits per heavy atom. The van der Waals surface area contributed by atoms with Gasteiger partial charge >= 0.3 is 0 Å². The Kier molecular flexibility index (Phi) is 3.17. The van der Waals surface area contributed by atoms with E-state index in [0.717, 1.165) is 25.9 Å². The van der Waals surface area contributed by atoms with Crippen LogP contribution in [0.2, 0.25) is 0 Å². The average Bonchev–Trinajstić information content (AvgIpc) is 2.19. The van der Waals surface area contributed by atoms with Crippen LogP contribution in [0.5, 0.6) is 0 Å². The minimum atomic E-state index is -0.0811. The Morgan fingerprint density at radius 1 is 1.29 bits per heavy atom. The van der Waals surface area contributed by atoms with E-state index in [-0.39, 0.29) is 6.10 Å². The molecular formula is C12H18NO+. The molecule has 1 aliphatic rings. The van der Waals surface area contributed by atoms with Crippen LogP contribution >= 0.6 is 0 Å². The standard InChI is InChI=1S/C12H17NO/c14-12-7-4-8-13(10-12)9-11-5-2-1-3-6-11/h1-3,5-6,12,14H,4,7-10H2/p+1. The highest BCUT2D eigenvalue weighted by atomic mass is 16.3. The van der Waals surface area contributed by atoms with E-state index in [4.69, 9.17) is 0 Å². The zero-order valence-electron chi connectivity index (χ0n) is 8.45. The first-order valence-electron chi connectivity index (χ1n) is 5.40. The van der Waals surface area contributed by atoms with E-state index >= 15 is 0 Å². The first kappa shape index (κ1) is 9.69. The monoisotopic (exact) mass is 192 g/mol. The van der Waals surface area contributed by atoms with Gasteiger partial charge in [0.25, 0.3) is 0 Å². The maximum atomic E-state index is 9.54. The SMILES string of the molecule is OC1CCC[NH+](Cc2ccccc2)C1. The third-order valence-electron chi connectivity index (χ3n) is 2.89. The van der Waals surface area contributed by atoms with Gasteiger partial charge in [0.1, 0.15) is 19.2 Å². The molecule has 1 aliphatic heterocycles. The van der Waals surface area contributed by atoms with Crippen molar-refractivity contribution in [3.05, 3.63) is 35.9 Å². The van der Waals surface area contributed by atoms with Gasteiger partial charge in [-0.05, 0) is 12.8 Å². The molecule has 0 radical (unpaired) electrons. The molecule has 0 aliphatic carbocycles. The van der Waals surface area contributed by atoms with Crippen molar-refractivity contribution >= 4 is 0 Å². The number of likely N-dealkylation sites (tertiary alicyclic amines) is 1. The molecule has 2 unspecified atom stereocenters. The summed E-state index contributed by atoms with van der Waals surface area (Å²) in [7, 11) is 0. The first-order valence-corrected chi connectivity index (χ1v) is 5.40. The highest BCUT2D eigenvalue weighted by molar-refractivity contribution is 5.13. The highest BCUT2D eigenvalue weighted by Crippen LogP contribution is 2.00. The van der Waals surface area contributed by atoms with Crippen LogP contribution in [0.25, 0.3) is 0 Å². The van der Waals surface area contributed by atoms with Gasteiger partial charge < -0.3 is 10.0 Å². The summed E-state index contributed by atoms with van der Waals surface area (Å²) in [6.45, 7) is 3.17. The van der Waals surface area contributed by atoms with E-state index in [9.17, 15) is 5.11 Å². The summed E-state index contributed by atoms with van der Waals surface area (Å²) in [5.74, 6) is 0. The maximum absolute atomic E-state index is 9.54. The maximum Gasteiger partial charge on any atom is 0.104 e. The van der Waals surface area contributed by atoms with Crippen molar-refractivity contribution in [2.45, 2.75) is 25.5 Å². The average molecular weight is 192 g/mol. The zero-order valence-corrected chi connectivity index (χ0v) is 8.45. The van der Waals surface area contributed by atoms with Crippen LogP contribution in [-0.4, -0.2) is 24.3 Å². The van der Waals surface area contributed by atoms with Crippen molar-refractivity contribution in [2.24, 2.45) is 0 Å². The van der Waals surface area contributed by atoms with Crippen LogP contribution in [0.4, 0.5) is 0 Å². The molecule has 1 heterocycles. The van der Waals surface area contributed by atoms with Gasteiger partial charge in [-0.1, -0.05) is 30.3 Å². The largest absolute Gasteiger partial charge is 0.387 e. The molecule has 14 heavy (non-hydrogen) atoms. The summed E-state index contributed by atoms with van der Waals surface area (Å²) in [5.41, 5.74) is 1.37. The molecule has 2 atom stereocenters. The Hall–Kier alpha value is -0.860. The quantitative estimate of drug-likeness (QED) is 0.688. The summed E-state index contributed by atoms with van der Waals surface area (Å²) in [4.78, 5) is 1.51. The van der Waals surface area contributed by atoms with Gasteiger partial charge in [0, 0.05) is 5.56 Å². The predicted octanol–water partition coefficient (Wildman–Crippen LogP) is 0.226. The van der Waals surface area contributed by atoms with Gasteiger partial charge in [0.05, 0.1) is 6.54 Å². The van der Waals surface area contributed by atoms with Gasteiger partial charge in [-0.15, -0.1) is 0 Å². The van der Waals surface area contributed by atoms with Crippen LogP contribution in [0.1, 0.15) is 18.4 Å². The summed E-state index contributed by atoms with van der Waals surface area (Å²) < 4.78 is 0.